The molecule has 1 aliphatic rings. The highest BCUT2D eigenvalue weighted by atomic mass is 32.2. The Hall–Kier alpha value is -1.16. The second-order valence-corrected chi connectivity index (χ2v) is 9.03. The van der Waals surface area contributed by atoms with E-state index in [1.165, 1.54) is 24.0 Å². The van der Waals surface area contributed by atoms with Gasteiger partial charge in [-0.25, -0.2) is 0 Å². The molecule has 0 unspecified atom stereocenters. The summed E-state index contributed by atoms with van der Waals surface area (Å²) in [6, 6.07) is 6.20. The van der Waals surface area contributed by atoms with E-state index in [0.29, 0.717) is 6.54 Å². The third kappa shape index (κ3) is 5.76. The lowest BCUT2D eigenvalue weighted by molar-refractivity contribution is -0.127. The van der Waals surface area contributed by atoms with Crippen LogP contribution in [-0.2, 0) is 17.6 Å². The van der Waals surface area contributed by atoms with E-state index < -0.39 is 6.10 Å². The van der Waals surface area contributed by atoms with Gasteiger partial charge in [-0.3, -0.25) is 4.79 Å². The first kappa shape index (κ1) is 18.2. The van der Waals surface area contributed by atoms with Crippen LogP contribution in [0.4, 0.5) is 0 Å². The van der Waals surface area contributed by atoms with Gasteiger partial charge < -0.3 is 10.1 Å². The summed E-state index contributed by atoms with van der Waals surface area (Å²) < 4.78 is 6.19. The molecular weight excluding hydrogens is 306 g/mol. The van der Waals surface area contributed by atoms with Crippen molar-refractivity contribution in [2.24, 2.45) is 0 Å². The van der Waals surface area contributed by atoms with Crippen molar-refractivity contribution in [2.75, 3.05) is 12.3 Å². The Labute approximate surface area is 144 Å². The molecule has 4 heteroatoms. The Balaban J connectivity index is 1.84. The number of hydrogen-bond donors (Lipinski definition) is 1. The Kier molecular flexibility index (Phi) is 6.40. The number of benzene rings is 1. The summed E-state index contributed by atoms with van der Waals surface area (Å²) in [5.74, 6) is 1.77. The number of rotatable bonds is 6. The maximum absolute atomic E-state index is 12.2. The molecular formula is C19H29NO2S. The zero-order valence-corrected chi connectivity index (χ0v) is 15.6. The first-order valence-electron chi connectivity index (χ1n) is 8.56. The average Bonchev–Trinajstić information content (AvgIpc) is 2.50. The molecule has 1 aliphatic carbocycles. The lowest BCUT2D eigenvalue weighted by Gasteiger charge is -2.22. The summed E-state index contributed by atoms with van der Waals surface area (Å²) in [6.07, 6.45) is 4.18. The number of amides is 1. The molecule has 0 radical (unpaired) electrons. The fourth-order valence-corrected chi connectivity index (χ4v) is 3.59. The quantitative estimate of drug-likeness (QED) is 0.799. The van der Waals surface area contributed by atoms with Crippen molar-refractivity contribution in [3.8, 4) is 5.75 Å². The zero-order chi connectivity index (χ0) is 16.9. The molecule has 3 nitrogen and oxygen atoms in total. The Morgan fingerprint density at radius 3 is 2.78 bits per heavy atom. The topological polar surface area (TPSA) is 38.3 Å². The largest absolute Gasteiger partial charge is 0.481 e. The molecule has 1 aromatic carbocycles. The molecule has 1 N–H and O–H groups in total. The van der Waals surface area contributed by atoms with Gasteiger partial charge in [-0.15, -0.1) is 0 Å². The summed E-state index contributed by atoms with van der Waals surface area (Å²) in [6.45, 7) is 9.06. The molecule has 1 amide bonds. The van der Waals surface area contributed by atoms with Crippen LogP contribution in [0.1, 0.15) is 51.7 Å². The van der Waals surface area contributed by atoms with Gasteiger partial charge >= 0.3 is 0 Å². The monoisotopic (exact) mass is 335 g/mol. The lowest BCUT2D eigenvalue weighted by atomic mass is 9.91. The van der Waals surface area contributed by atoms with Crippen molar-refractivity contribution < 1.29 is 9.53 Å². The number of carbonyl (C=O) groups is 1. The van der Waals surface area contributed by atoms with E-state index in [9.17, 15) is 4.79 Å². The maximum atomic E-state index is 12.2. The van der Waals surface area contributed by atoms with E-state index in [2.05, 4.69) is 32.2 Å². The fourth-order valence-electron chi connectivity index (χ4n) is 2.78. The summed E-state index contributed by atoms with van der Waals surface area (Å²) >= 11 is 1.85. The Morgan fingerprint density at radius 1 is 1.30 bits per heavy atom. The van der Waals surface area contributed by atoms with Crippen LogP contribution in [0.5, 0.6) is 5.75 Å². The van der Waals surface area contributed by atoms with Gasteiger partial charge in [0.25, 0.3) is 5.91 Å². The van der Waals surface area contributed by atoms with Gasteiger partial charge in [0.05, 0.1) is 0 Å². The van der Waals surface area contributed by atoms with Crippen molar-refractivity contribution in [3.63, 3.8) is 0 Å². The van der Waals surface area contributed by atoms with Crippen LogP contribution < -0.4 is 10.1 Å². The predicted molar refractivity (Wildman–Crippen MR) is 98.4 cm³/mol. The highest BCUT2D eigenvalue weighted by molar-refractivity contribution is 8.00. The molecule has 0 aromatic heterocycles. The molecule has 0 fully saturated rings. The van der Waals surface area contributed by atoms with Crippen molar-refractivity contribution in [3.05, 3.63) is 29.3 Å². The van der Waals surface area contributed by atoms with E-state index in [0.717, 1.165) is 24.3 Å². The minimum absolute atomic E-state index is 0.0343. The van der Waals surface area contributed by atoms with Gasteiger partial charge in [-0.2, -0.15) is 11.8 Å². The van der Waals surface area contributed by atoms with Gasteiger partial charge in [0.15, 0.2) is 6.10 Å². The zero-order valence-electron chi connectivity index (χ0n) is 14.8. The molecule has 1 aromatic rings. The molecule has 0 aliphatic heterocycles. The minimum Gasteiger partial charge on any atom is -0.481 e. The molecule has 2 rings (SSSR count). The average molecular weight is 336 g/mol. The summed E-state index contributed by atoms with van der Waals surface area (Å²) in [4.78, 5) is 12.2. The first-order chi connectivity index (χ1) is 10.9. The molecule has 128 valence electrons. The number of fused-ring (bicyclic) bond motifs is 1. The van der Waals surface area contributed by atoms with Crippen LogP contribution in [0.25, 0.3) is 0 Å². The third-order valence-electron chi connectivity index (χ3n) is 3.96. The standard InChI is InChI=1S/C19H29NO2S/c1-14(18(21)20-12-13-23-19(2,3)4)22-17-11-7-9-15-8-5-6-10-16(15)17/h7,9,11,14H,5-6,8,10,12-13H2,1-4H3,(H,20,21)/t14-/m0/s1. The maximum Gasteiger partial charge on any atom is 0.260 e. The van der Waals surface area contributed by atoms with E-state index in [1.807, 2.05) is 30.8 Å². The van der Waals surface area contributed by atoms with Crippen LogP contribution in [0.3, 0.4) is 0 Å². The number of nitrogens with one attached hydrogen (secondary N) is 1. The first-order valence-corrected chi connectivity index (χ1v) is 9.54. The van der Waals surface area contributed by atoms with Gasteiger partial charge in [0.1, 0.15) is 5.75 Å². The molecule has 0 spiro atoms. The number of carbonyl (C=O) groups excluding carboxylic acids is 1. The normalized spacial score (nSPS) is 15.7. The highest BCUT2D eigenvalue weighted by Gasteiger charge is 2.19. The molecule has 0 bridgehead atoms. The predicted octanol–water partition coefficient (Wildman–Crippen LogP) is 3.98. The SMILES string of the molecule is C[C@H](Oc1cccc2c1CCCC2)C(=O)NCCSC(C)(C)C. The van der Waals surface area contributed by atoms with Crippen LogP contribution in [0.15, 0.2) is 18.2 Å². The van der Waals surface area contributed by atoms with Gasteiger partial charge in [-0.05, 0) is 49.8 Å². The van der Waals surface area contributed by atoms with Gasteiger partial charge in [0, 0.05) is 17.0 Å². The number of ether oxygens (including phenoxy) is 1. The van der Waals surface area contributed by atoms with Gasteiger partial charge in [0.2, 0.25) is 0 Å². The van der Waals surface area contributed by atoms with Crippen LogP contribution in [0, 0.1) is 0 Å². The highest BCUT2D eigenvalue weighted by Crippen LogP contribution is 2.30. The van der Waals surface area contributed by atoms with Crippen molar-refractivity contribution in [1.82, 2.24) is 5.32 Å². The van der Waals surface area contributed by atoms with Gasteiger partial charge in [-0.1, -0.05) is 32.9 Å². The van der Waals surface area contributed by atoms with Crippen molar-refractivity contribution in [2.45, 2.75) is 64.2 Å². The van der Waals surface area contributed by atoms with Crippen LogP contribution >= 0.6 is 11.8 Å². The van der Waals surface area contributed by atoms with Crippen LogP contribution in [-0.4, -0.2) is 29.1 Å². The van der Waals surface area contributed by atoms with E-state index in [4.69, 9.17) is 4.74 Å². The summed E-state index contributed by atoms with van der Waals surface area (Å²) in [5.41, 5.74) is 2.67. The lowest BCUT2D eigenvalue weighted by Crippen LogP contribution is -2.38. The van der Waals surface area contributed by atoms with Crippen molar-refractivity contribution in [1.29, 1.82) is 0 Å². The summed E-state index contributed by atoms with van der Waals surface area (Å²) in [7, 11) is 0. The smallest absolute Gasteiger partial charge is 0.260 e. The molecule has 1 atom stereocenters. The Morgan fingerprint density at radius 2 is 2.04 bits per heavy atom. The number of hydrogen-bond acceptors (Lipinski definition) is 3. The molecule has 0 saturated carbocycles. The molecule has 23 heavy (non-hydrogen) atoms. The fraction of sp³-hybridized carbons (Fsp3) is 0.632. The minimum atomic E-state index is -0.455. The molecule has 0 saturated heterocycles. The number of aryl methyl sites for hydroxylation is 1. The Bertz CT molecular complexity index is 537. The van der Waals surface area contributed by atoms with Crippen LogP contribution in [0.2, 0.25) is 0 Å². The second-order valence-electron chi connectivity index (χ2n) is 7.11. The second kappa shape index (κ2) is 8.09. The van der Waals surface area contributed by atoms with E-state index in [1.54, 1.807) is 0 Å². The molecule has 0 heterocycles. The third-order valence-corrected chi connectivity index (χ3v) is 5.24. The summed E-state index contributed by atoms with van der Waals surface area (Å²) in [5, 5.41) is 2.97. The number of thioether (sulfide) groups is 1. The van der Waals surface area contributed by atoms with E-state index >= 15 is 0 Å². The van der Waals surface area contributed by atoms with Crippen molar-refractivity contribution >= 4 is 17.7 Å². The van der Waals surface area contributed by atoms with E-state index in [-0.39, 0.29) is 10.7 Å².